The smallest absolute Gasteiger partial charge is 0.278 e. The highest BCUT2D eigenvalue weighted by molar-refractivity contribution is 7.89. The van der Waals surface area contributed by atoms with Gasteiger partial charge in [0.2, 0.25) is 0 Å². The summed E-state index contributed by atoms with van der Waals surface area (Å²) < 4.78 is 32.0. The molecule has 0 aliphatic carbocycles. The van der Waals surface area contributed by atoms with Crippen molar-refractivity contribution >= 4 is 50.4 Å². The van der Waals surface area contributed by atoms with Crippen LogP contribution in [0, 0.1) is 0 Å². The molecule has 11 heteroatoms. The predicted octanol–water partition coefficient (Wildman–Crippen LogP) is 3.87. The first-order valence-corrected chi connectivity index (χ1v) is 11.6. The maximum atomic E-state index is 12.8. The number of nitrogens with zero attached hydrogens (tertiary/aromatic N) is 2. The van der Waals surface area contributed by atoms with Crippen LogP contribution in [0.25, 0.3) is 5.76 Å². The number of rotatable bonds is 5. The number of aliphatic hydroxyl groups is 1. The van der Waals surface area contributed by atoms with E-state index in [4.69, 9.17) is 16.3 Å². The quantitative estimate of drug-likeness (QED) is 0.577. The van der Waals surface area contributed by atoms with Gasteiger partial charge < -0.3 is 15.2 Å². The molecule has 160 valence electrons. The Kier molecular flexibility index (Phi) is 5.61. The van der Waals surface area contributed by atoms with Crippen molar-refractivity contribution in [3.8, 4) is 5.75 Å². The van der Waals surface area contributed by atoms with Crippen LogP contribution in [0.3, 0.4) is 0 Å². The monoisotopic (exact) mass is 477 g/mol. The molecular weight excluding hydrogens is 462 g/mol. The van der Waals surface area contributed by atoms with Crippen LogP contribution < -0.4 is 10.1 Å². The van der Waals surface area contributed by atoms with Crippen molar-refractivity contribution in [2.45, 2.75) is 11.5 Å². The number of aromatic nitrogens is 1. The van der Waals surface area contributed by atoms with E-state index in [2.05, 4.69) is 10.3 Å². The van der Waals surface area contributed by atoms with Crippen LogP contribution in [0.1, 0.15) is 10.6 Å². The summed E-state index contributed by atoms with van der Waals surface area (Å²) in [6.45, 7) is 0.174. The van der Waals surface area contributed by atoms with Crippen molar-refractivity contribution in [2.24, 2.45) is 0 Å². The highest BCUT2D eigenvalue weighted by Gasteiger charge is 2.39. The Morgan fingerprint density at radius 1 is 1.23 bits per heavy atom. The van der Waals surface area contributed by atoms with Crippen molar-refractivity contribution in [3.05, 3.63) is 75.2 Å². The van der Waals surface area contributed by atoms with E-state index >= 15 is 0 Å². The van der Waals surface area contributed by atoms with Gasteiger partial charge in [-0.1, -0.05) is 35.9 Å². The number of nitrogens with one attached hydrogen (secondary N) is 1. The number of hydrogen-bond donors (Lipinski definition) is 2. The second-order valence-electron chi connectivity index (χ2n) is 6.48. The lowest BCUT2D eigenvalue weighted by molar-refractivity contribution is -0.113. The number of carbonyl (C=O) groups excluding carboxylic acids is 1. The Balaban J connectivity index is 1.57. The zero-order chi connectivity index (χ0) is 22.2. The van der Waals surface area contributed by atoms with Gasteiger partial charge in [0.15, 0.2) is 11.5 Å². The molecule has 0 spiro atoms. The molecule has 31 heavy (non-hydrogen) atoms. The van der Waals surface area contributed by atoms with Gasteiger partial charge in [0.1, 0.15) is 23.1 Å². The maximum absolute atomic E-state index is 12.8. The van der Waals surface area contributed by atoms with E-state index in [9.17, 15) is 18.3 Å². The van der Waals surface area contributed by atoms with E-state index in [0.717, 1.165) is 15.6 Å². The van der Waals surface area contributed by atoms with Crippen molar-refractivity contribution in [1.82, 2.24) is 9.29 Å². The third-order valence-electron chi connectivity index (χ3n) is 4.45. The van der Waals surface area contributed by atoms with E-state index in [1.165, 1.54) is 13.1 Å². The number of sulfonamides is 1. The third kappa shape index (κ3) is 4.09. The summed E-state index contributed by atoms with van der Waals surface area (Å²) in [5, 5.41) is 13.1. The molecule has 0 saturated carbocycles. The van der Waals surface area contributed by atoms with Gasteiger partial charge in [0, 0.05) is 7.05 Å². The second kappa shape index (κ2) is 8.22. The Labute approximate surface area is 187 Å². The first-order valence-electron chi connectivity index (χ1n) is 8.94. The molecule has 0 unspecified atom stereocenters. The van der Waals surface area contributed by atoms with Crippen LogP contribution in [-0.4, -0.2) is 35.8 Å². The Morgan fingerprint density at radius 3 is 2.71 bits per heavy atom. The molecule has 2 aromatic heterocycles. The van der Waals surface area contributed by atoms with Gasteiger partial charge >= 0.3 is 0 Å². The van der Waals surface area contributed by atoms with E-state index in [1.807, 2.05) is 30.3 Å². The molecule has 2 N–H and O–H groups in total. The minimum atomic E-state index is -4.03. The number of thiophene rings is 1. The highest BCUT2D eigenvalue weighted by atomic mass is 35.5. The summed E-state index contributed by atoms with van der Waals surface area (Å²) in [6.07, 6.45) is 0. The molecule has 0 saturated heterocycles. The van der Waals surface area contributed by atoms with Crippen LogP contribution in [0.2, 0.25) is 4.34 Å². The highest BCUT2D eigenvalue weighted by Crippen LogP contribution is 2.41. The fraction of sp³-hybridized carbons (Fsp3) is 0.100. The molecule has 0 atom stereocenters. The van der Waals surface area contributed by atoms with E-state index in [1.54, 1.807) is 18.2 Å². The molecule has 4 rings (SSSR count). The number of aliphatic hydroxyl groups excluding tert-OH is 1. The SMILES string of the molecule is CN1C(C(=O)Nc2cccc(COc3ccccc3)n2)=C(O)c2sc(Cl)cc2S1(=O)=O. The molecule has 3 aromatic rings. The first kappa shape index (κ1) is 21.2. The molecule has 0 fully saturated rings. The number of fused-ring (bicyclic) bond motifs is 1. The van der Waals surface area contributed by atoms with Gasteiger partial charge in [-0.15, -0.1) is 11.3 Å². The number of carbonyl (C=O) groups is 1. The zero-order valence-electron chi connectivity index (χ0n) is 16.1. The normalized spacial score (nSPS) is 14.8. The van der Waals surface area contributed by atoms with Crippen molar-refractivity contribution in [1.29, 1.82) is 0 Å². The number of anilines is 1. The lowest BCUT2D eigenvalue weighted by Crippen LogP contribution is -2.36. The number of likely N-dealkylation sites (N-methyl/N-ethyl adjacent to an activating group) is 1. The van der Waals surface area contributed by atoms with E-state index < -0.39 is 27.4 Å². The average Bonchev–Trinajstić information content (AvgIpc) is 3.15. The van der Waals surface area contributed by atoms with Crippen LogP contribution in [-0.2, 0) is 21.4 Å². The van der Waals surface area contributed by atoms with Crippen LogP contribution >= 0.6 is 22.9 Å². The van der Waals surface area contributed by atoms with Crippen LogP contribution in [0.4, 0.5) is 5.82 Å². The fourth-order valence-corrected chi connectivity index (χ4v) is 5.90. The minimum absolute atomic E-state index is 0.0196. The second-order valence-corrected chi connectivity index (χ2v) is 10.1. The maximum Gasteiger partial charge on any atom is 0.278 e. The summed E-state index contributed by atoms with van der Waals surface area (Å²) in [5.41, 5.74) is 0.135. The minimum Gasteiger partial charge on any atom is -0.504 e. The number of amides is 1. The Hall–Kier alpha value is -3.08. The van der Waals surface area contributed by atoms with Crippen LogP contribution in [0.15, 0.2) is 65.2 Å². The average molecular weight is 478 g/mol. The molecule has 0 radical (unpaired) electrons. The number of ether oxygens (including phenoxy) is 1. The Morgan fingerprint density at radius 2 is 1.97 bits per heavy atom. The number of benzene rings is 1. The largest absolute Gasteiger partial charge is 0.504 e. The number of hydrogen-bond acceptors (Lipinski definition) is 7. The number of pyridine rings is 1. The van der Waals surface area contributed by atoms with Crippen molar-refractivity contribution < 1.29 is 23.1 Å². The molecule has 3 heterocycles. The van der Waals surface area contributed by atoms with Gasteiger partial charge in [0.05, 0.1) is 14.9 Å². The van der Waals surface area contributed by atoms with Crippen molar-refractivity contribution in [2.75, 3.05) is 12.4 Å². The van der Waals surface area contributed by atoms with E-state index in [0.29, 0.717) is 11.4 Å². The van der Waals surface area contributed by atoms with Gasteiger partial charge in [-0.25, -0.2) is 13.4 Å². The number of para-hydroxylation sites is 1. The first-order chi connectivity index (χ1) is 14.8. The Bertz CT molecular complexity index is 1290. The topological polar surface area (TPSA) is 109 Å². The predicted molar refractivity (Wildman–Crippen MR) is 117 cm³/mol. The summed E-state index contributed by atoms with van der Waals surface area (Å²) >= 11 is 6.80. The molecule has 1 aliphatic heterocycles. The van der Waals surface area contributed by atoms with Crippen molar-refractivity contribution in [3.63, 3.8) is 0 Å². The summed E-state index contributed by atoms with van der Waals surface area (Å²) in [7, 11) is -2.84. The summed E-state index contributed by atoms with van der Waals surface area (Å²) in [5.74, 6) is -0.439. The van der Waals surface area contributed by atoms with Gasteiger partial charge in [-0.2, -0.15) is 0 Å². The standard InChI is InChI=1S/C20H16ClN3O5S2/c1-24-17(18(25)19-14(31(24,27)28)10-15(21)30-19)20(26)23-16-9-5-6-12(22-16)11-29-13-7-3-2-4-8-13/h2-10,25H,11H2,1H3,(H,22,23,26). The fourth-order valence-electron chi connectivity index (χ4n) is 2.96. The third-order valence-corrected chi connectivity index (χ3v) is 7.64. The lowest BCUT2D eigenvalue weighted by atomic mass is 10.2. The molecular formula is C20H16ClN3O5S2. The molecule has 8 nitrogen and oxygen atoms in total. The zero-order valence-corrected chi connectivity index (χ0v) is 18.5. The number of halogens is 1. The summed E-state index contributed by atoms with van der Waals surface area (Å²) in [4.78, 5) is 17.0. The van der Waals surface area contributed by atoms with Crippen LogP contribution in [0.5, 0.6) is 5.75 Å². The van der Waals surface area contributed by atoms with E-state index in [-0.39, 0.29) is 26.5 Å². The summed E-state index contributed by atoms with van der Waals surface area (Å²) in [6, 6.07) is 15.4. The molecule has 0 bridgehead atoms. The molecule has 1 amide bonds. The van der Waals surface area contributed by atoms with Gasteiger partial charge in [-0.3, -0.25) is 9.10 Å². The van der Waals surface area contributed by atoms with Gasteiger partial charge in [0.25, 0.3) is 15.9 Å². The lowest BCUT2D eigenvalue weighted by Gasteiger charge is -2.26. The molecule has 1 aromatic carbocycles. The van der Waals surface area contributed by atoms with Gasteiger partial charge in [-0.05, 0) is 30.3 Å². The molecule has 1 aliphatic rings.